The van der Waals surface area contributed by atoms with Gasteiger partial charge in [0.05, 0.1) is 16.8 Å². The molecule has 0 radical (unpaired) electrons. The van der Waals surface area contributed by atoms with Gasteiger partial charge in [-0.15, -0.1) is 11.3 Å². The Kier molecular flexibility index (Phi) is 6.48. The van der Waals surface area contributed by atoms with E-state index in [1.807, 2.05) is 35.9 Å². The normalized spacial score (nSPS) is 22.9. The standard InChI is InChI=1S/C23H33N3O3S/c1-3-29-13-8-12-26-21(27)19-15-20-18(11-14-30-20)25(19)16-23(26,2)22(28)24-17-9-6-4-5-7-10-17/h11,14-15,17H,3-10,12-13,16H2,1-2H3,(H,24,28). The van der Waals surface area contributed by atoms with Crippen LogP contribution in [0.5, 0.6) is 0 Å². The molecule has 1 saturated carbocycles. The fourth-order valence-electron chi connectivity index (χ4n) is 4.86. The van der Waals surface area contributed by atoms with Crippen molar-refractivity contribution < 1.29 is 14.3 Å². The molecule has 1 unspecified atom stereocenters. The first-order valence-corrected chi connectivity index (χ1v) is 12.2. The van der Waals surface area contributed by atoms with Gasteiger partial charge < -0.3 is 19.5 Å². The van der Waals surface area contributed by atoms with Crippen LogP contribution in [0.2, 0.25) is 0 Å². The average Bonchev–Trinajstić information content (AvgIpc) is 3.22. The number of carbonyl (C=O) groups excluding carboxylic acids is 2. The van der Waals surface area contributed by atoms with Gasteiger partial charge in [-0.2, -0.15) is 0 Å². The molecule has 4 rings (SSSR count). The first kappa shape index (κ1) is 21.4. The highest BCUT2D eigenvalue weighted by atomic mass is 32.1. The lowest BCUT2D eigenvalue weighted by molar-refractivity contribution is -0.133. The van der Waals surface area contributed by atoms with E-state index >= 15 is 0 Å². The first-order valence-electron chi connectivity index (χ1n) is 11.3. The Morgan fingerprint density at radius 2 is 2.07 bits per heavy atom. The molecule has 0 spiro atoms. The molecule has 2 aromatic rings. The Morgan fingerprint density at radius 3 is 2.80 bits per heavy atom. The van der Waals surface area contributed by atoms with Crippen LogP contribution in [0.25, 0.3) is 10.2 Å². The summed E-state index contributed by atoms with van der Waals surface area (Å²) in [7, 11) is 0. The van der Waals surface area contributed by atoms with Gasteiger partial charge in [0.2, 0.25) is 5.91 Å². The summed E-state index contributed by atoms with van der Waals surface area (Å²) in [5, 5.41) is 5.35. The van der Waals surface area contributed by atoms with Gasteiger partial charge in [0, 0.05) is 25.8 Å². The summed E-state index contributed by atoms with van der Waals surface area (Å²) in [5.74, 6) is -0.0819. The molecular formula is C23H33N3O3S. The lowest BCUT2D eigenvalue weighted by atomic mass is 9.93. The van der Waals surface area contributed by atoms with Crippen LogP contribution in [0.4, 0.5) is 0 Å². The van der Waals surface area contributed by atoms with E-state index in [1.165, 1.54) is 12.8 Å². The molecule has 2 amide bonds. The summed E-state index contributed by atoms with van der Waals surface area (Å²) in [6.07, 6.45) is 7.60. The number of amides is 2. The van der Waals surface area contributed by atoms with Crippen molar-refractivity contribution in [3.63, 3.8) is 0 Å². The zero-order valence-electron chi connectivity index (χ0n) is 18.1. The highest BCUT2D eigenvalue weighted by Crippen LogP contribution is 2.34. The maximum atomic E-state index is 13.6. The van der Waals surface area contributed by atoms with E-state index in [0.29, 0.717) is 32.0 Å². The number of rotatable bonds is 7. The molecule has 1 N–H and O–H groups in total. The first-order chi connectivity index (χ1) is 14.5. The van der Waals surface area contributed by atoms with Gasteiger partial charge >= 0.3 is 0 Å². The summed E-state index contributed by atoms with van der Waals surface area (Å²) >= 11 is 1.64. The molecule has 0 bridgehead atoms. The van der Waals surface area contributed by atoms with Crippen molar-refractivity contribution in [3.05, 3.63) is 23.2 Å². The van der Waals surface area contributed by atoms with Crippen LogP contribution in [0.1, 0.15) is 69.3 Å². The third-order valence-electron chi connectivity index (χ3n) is 6.60. The van der Waals surface area contributed by atoms with Crippen molar-refractivity contribution in [1.29, 1.82) is 0 Å². The lowest BCUT2D eigenvalue weighted by Crippen LogP contribution is -2.65. The Hall–Kier alpha value is -1.86. The smallest absolute Gasteiger partial charge is 0.271 e. The van der Waals surface area contributed by atoms with Gasteiger partial charge in [0.15, 0.2) is 0 Å². The molecule has 3 heterocycles. The van der Waals surface area contributed by atoms with Crippen molar-refractivity contribution in [1.82, 2.24) is 14.8 Å². The minimum absolute atomic E-state index is 0.0260. The number of thiophene rings is 1. The maximum Gasteiger partial charge on any atom is 0.271 e. The average molecular weight is 432 g/mol. The monoisotopic (exact) mass is 431 g/mol. The van der Waals surface area contributed by atoms with E-state index in [4.69, 9.17) is 4.74 Å². The zero-order chi connectivity index (χ0) is 21.1. The molecule has 2 aliphatic rings. The lowest BCUT2D eigenvalue weighted by Gasteiger charge is -2.44. The number of ether oxygens (including phenoxy) is 1. The molecule has 1 aliphatic carbocycles. The second kappa shape index (κ2) is 9.10. The van der Waals surface area contributed by atoms with E-state index in [0.717, 1.165) is 42.3 Å². The summed E-state index contributed by atoms with van der Waals surface area (Å²) < 4.78 is 8.63. The Balaban J connectivity index is 1.61. The third-order valence-corrected chi connectivity index (χ3v) is 7.46. The molecule has 30 heavy (non-hydrogen) atoms. The number of hydrogen-bond acceptors (Lipinski definition) is 4. The quantitative estimate of drug-likeness (QED) is 0.528. The van der Waals surface area contributed by atoms with E-state index in [2.05, 4.69) is 5.32 Å². The fourth-order valence-corrected chi connectivity index (χ4v) is 5.68. The van der Waals surface area contributed by atoms with Crippen molar-refractivity contribution in [2.75, 3.05) is 19.8 Å². The summed E-state index contributed by atoms with van der Waals surface area (Å²) in [6, 6.07) is 4.23. The predicted octanol–water partition coefficient (Wildman–Crippen LogP) is 4.18. The van der Waals surface area contributed by atoms with E-state index in [-0.39, 0.29) is 17.9 Å². The third kappa shape index (κ3) is 4.02. The number of hydrogen-bond donors (Lipinski definition) is 1. The highest BCUT2D eigenvalue weighted by Gasteiger charge is 2.47. The van der Waals surface area contributed by atoms with Gasteiger partial charge in [0.25, 0.3) is 5.91 Å². The topological polar surface area (TPSA) is 63.6 Å². The molecule has 164 valence electrons. The van der Waals surface area contributed by atoms with E-state index in [9.17, 15) is 9.59 Å². The summed E-state index contributed by atoms with van der Waals surface area (Å²) in [4.78, 5) is 28.9. The number of nitrogens with zero attached hydrogens (tertiary/aromatic N) is 2. The van der Waals surface area contributed by atoms with Crippen LogP contribution in [-0.2, 0) is 16.1 Å². The molecule has 1 fully saturated rings. The molecule has 0 saturated heterocycles. The fraction of sp³-hybridized carbons (Fsp3) is 0.652. The highest BCUT2D eigenvalue weighted by molar-refractivity contribution is 7.17. The van der Waals surface area contributed by atoms with E-state index in [1.54, 1.807) is 16.2 Å². The largest absolute Gasteiger partial charge is 0.382 e. The predicted molar refractivity (Wildman–Crippen MR) is 120 cm³/mol. The van der Waals surface area contributed by atoms with Crippen molar-refractivity contribution in [2.24, 2.45) is 0 Å². The molecule has 6 nitrogen and oxygen atoms in total. The molecule has 2 aromatic heterocycles. The van der Waals surface area contributed by atoms with Gasteiger partial charge in [-0.1, -0.05) is 25.7 Å². The Morgan fingerprint density at radius 1 is 1.30 bits per heavy atom. The number of fused-ring (bicyclic) bond motifs is 3. The van der Waals surface area contributed by atoms with Crippen LogP contribution in [0.3, 0.4) is 0 Å². The SMILES string of the molecule is CCOCCCN1C(=O)c2cc3sccc3n2CC1(C)C(=O)NC1CCCCCC1. The zero-order valence-corrected chi connectivity index (χ0v) is 18.9. The Labute approximate surface area is 182 Å². The van der Waals surface area contributed by atoms with Crippen LogP contribution < -0.4 is 5.32 Å². The molecule has 1 aliphatic heterocycles. The minimum Gasteiger partial charge on any atom is -0.382 e. The van der Waals surface area contributed by atoms with Crippen LogP contribution >= 0.6 is 11.3 Å². The van der Waals surface area contributed by atoms with Crippen LogP contribution in [0.15, 0.2) is 17.5 Å². The van der Waals surface area contributed by atoms with Crippen molar-refractivity contribution >= 4 is 33.4 Å². The molecular weight excluding hydrogens is 398 g/mol. The summed E-state index contributed by atoms with van der Waals surface area (Å²) in [5.41, 5.74) is 0.829. The minimum atomic E-state index is -0.906. The second-order valence-corrected chi connectivity index (χ2v) is 9.68. The van der Waals surface area contributed by atoms with Crippen LogP contribution in [0, 0.1) is 0 Å². The van der Waals surface area contributed by atoms with Crippen molar-refractivity contribution in [2.45, 2.75) is 76.9 Å². The number of aromatic nitrogens is 1. The van der Waals surface area contributed by atoms with Crippen molar-refractivity contribution in [3.8, 4) is 0 Å². The second-order valence-electron chi connectivity index (χ2n) is 8.73. The molecule has 7 heteroatoms. The summed E-state index contributed by atoms with van der Waals surface area (Å²) in [6.45, 7) is 6.16. The van der Waals surface area contributed by atoms with Gasteiger partial charge in [-0.3, -0.25) is 9.59 Å². The van der Waals surface area contributed by atoms with Gasteiger partial charge in [0.1, 0.15) is 11.2 Å². The van der Waals surface area contributed by atoms with Crippen LogP contribution in [-0.4, -0.2) is 52.6 Å². The van der Waals surface area contributed by atoms with Gasteiger partial charge in [-0.05, 0) is 50.6 Å². The van der Waals surface area contributed by atoms with Gasteiger partial charge in [-0.25, -0.2) is 0 Å². The van der Waals surface area contributed by atoms with E-state index < -0.39 is 5.54 Å². The molecule has 1 atom stereocenters. The number of nitrogens with one attached hydrogen (secondary N) is 1. The molecule has 0 aromatic carbocycles. The number of carbonyl (C=O) groups is 2. The maximum absolute atomic E-state index is 13.6. The Bertz CT molecular complexity index is 897.